The fraction of sp³-hybridized carbons (Fsp3) is 0.211. The third kappa shape index (κ3) is 3.89. The van der Waals surface area contributed by atoms with E-state index in [1.165, 1.54) is 6.07 Å². The molecule has 2 amide bonds. The van der Waals surface area contributed by atoms with Crippen molar-refractivity contribution in [1.82, 2.24) is 10.0 Å². The van der Waals surface area contributed by atoms with Gasteiger partial charge in [-0.3, -0.25) is 19.3 Å². The lowest BCUT2D eigenvalue weighted by Gasteiger charge is -2.07. The number of nitrogens with one attached hydrogen (secondary N) is 3. The Balaban J connectivity index is 1.43. The number of carbonyl (C=O) groups excluding carboxylic acids is 2. The SMILES string of the molecule is O=C(CN=C1NS(=O)(=O)c2ccccc21)Nc1cccc(C(=O)NC2CC2)c1. The van der Waals surface area contributed by atoms with Gasteiger partial charge in [-0.2, -0.15) is 0 Å². The number of hydrogen-bond acceptors (Lipinski definition) is 5. The Morgan fingerprint density at radius 2 is 1.89 bits per heavy atom. The fourth-order valence-electron chi connectivity index (χ4n) is 2.84. The molecule has 2 aliphatic rings. The van der Waals surface area contributed by atoms with Crippen LogP contribution in [0.5, 0.6) is 0 Å². The molecule has 1 aliphatic heterocycles. The third-order valence-corrected chi connectivity index (χ3v) is 5.76. The Kier molecular flexibility index (Phi) is 4.60. The Morgan fingerprint density at radius 3 is 2.68 bits per heavy atom. The molecule has 0 unspecified atom stereocenters. The topological polar surface area (TPSA) is 117 Å². The first kappa shape index (κ1) is 18.2. The first-order valence-corrected chi connectivity index (χ1v) is 10.3. The molecule has 0 atom stereocenters. The van der Waals surface area contributed by atoms with Gasteiger partial charge in [0.15, 0.2) is 0 Å². The summed E-state index contributed by atoms with van der Waals surface area (Å²) >= 11 is 0. The maximum atomic E-state index is 12.2. The van der Waals surface area contributed by atoms with Gasteiger partial charge in [0.1, 0.15) is 12.4 Å². The second-order valence-electron chi connectivity index (χ2n) is 6.64. The highest BCUT2D eigenvalue weighted by Gasteiger charge is 2.30. The standard InChI is InChI=1S/C19H18N4O4S/c24-17(11-20-18-15-6-1-2-7-16(15)28(26,27)23-18)21-14-5-3-4-12(10-14)19(25)22-13-8-9-13/h1-7,10,13H,8-9,11H2,(H,20,23)(H,21,24)(H,22,25). The molecule has 1 saturated carbocycles. The van der Waals surface area contributed by atoms with E-state index >= 15 is 0 Å². The second-order valence-corrected chi connectivity index (χ2v) is 8.29. The zero-order chi connectivity index (χ0) is 19.7. The number of benzene rings is 2. The van der Waals surface area contributed by atoms with Crippen LogP contribution in [0.3, 0.4) is 0 Å². The Labute approximate surface area is 162 Å². The predicted octanol–water partition coefficient (Wildman–Crippen LogP) is 1.26. The third-order valence-electron chi connectivity index (χ3n) is 4.36. The van der Waals surface area contributed by atoms with E-state index in [4.69, 9.17) is 0 Å². The van der Waals surface area contributed by atoms with Crippen LogP contribution in [0.2, 0.25) is 0 Å². The molecule has 3 N–H and O–H groups in total. The molecular weight excluding hydrogens is 380 g/mol. The van der Waals surface area contributed by atoms with Gasteiger partial charge >= 0.3 is 0 Å². The minimum absolute atomic E-state index is 0.142. The maximum Gasteiger partial charge on any atom is 0.263 e. The van der Waals surface area contributed by atoms with E-state index in [1.807, 2.05) is 0 Å². The Bertz CT molecular complexity index is 1090. The van der Waals surface area contributed by atoms with E-state index in [1.54, 1.807) is 42.5 Å². The van der Waals surface area contributed by atoms with Gasteiger partial charge < -0.3 is 10.6 Å². The molecule has 0 spiro atoms. The molecule has 144 valence electrons. The molecule has 0 radical (unpaired) electrons. The summed E-state index contributed by atoms with van der Waals surface area (Å²) in [5.74, 6) is -0.449. The van der Waals surface area contributed by atoms with E-state index in [2.05, 4.69) is 20.3 Å². The molecule has 4 rings (SSSR count). The van der Waals surface area contributed by atoms with Crippen molar-refractivity contribution in [2.24, 2.45) is 4.99 Å². The molecule has 2 aromatic rings. The molecule has 28 heavy (non-hydrogen) atoms. The summed E-state index contributed by atoms with van der Waals surface area (Å²) in [6.45, 7) is -0.259. The van der Waals surface area contributed by atoms with Crippen LogP contribution in [-0.2, 0) is 14.8 Å². The van der Waals surface area contributed by atoms with Crippen molar-refractivity contribution < 1.29 is 18.0 Å². The smallest absolute Gasteiger partial charge is 0.263 e. The average Bonchev–Trinajstić information content (AvgIpc) is 3.45. The quantitative estimate of drug-likeness (QED) is 0.703. The normalized spacial score (nSPS) is 18.2. The van der Waals surface area contributed by atoms with E-state index in [-0.39, 0.29) is 29.2 Å². The van der Waals surface area contributed by atoms with Gasteiger partial charge in [-0.1, -0.05) is 18.2 Å². The molecule has 1 aliphatic carbocycles. The van der Waals surface area contributed by atoms with Crippen LogP contribution < -0.4 is 15.4 Å². The first-order valence-electron chi connectivity index (χ1n) is 8.80. The monoisotopic (exact) mass is 398 g/mol. The summed E-state index contributed by atoms with van der Waals surface area (Å²) in [5, 5.41) is 5.56. The largest absolute Gasteiger partial charge is 0.349 e. The molecule has 0 saturated heterocycles. The fourth-order valence-corrected chi connectivity index (χ4v) is 4.09. The molecule has 0 bridgehead atoms. The summed E-state index contributed by atoms with van der Waals surface area (Å²) in [7, 11) is -3.64. The van der Waals surface area contributed by atoms with Crippen LogP contribution in [0.4, 0.5) is 5.69 Å². The van der Waals surface area contributed by atoms with Crippen LogP contribution in [0.15, 0.2) is 58.4 Å². The van der Waals surface area contributed by atoms with Crippen molar-refractivity contribution in [3.05, 3.63) is 59.7 Å². The van der Waals surface area contributed by atoms with Gasteiger partial charge in [0, 0.05) is 22.9 Å². The van der Waals surface area contributed by atoms with Crippen molar-refractivity contribution in [3.63, 3.8) is 0 Å². The average molecular weight is 398 g/mol. The van der Waals surface area contributed by atoms with Crippen molar-refractivity contribution in [3.8, 4) is 0 Å². The molecular formula is C19H18N4O4S. The van der Waals surface area contributed by atoms with Crippen molar-refractivity contribution in [2.75, 3.05) is 11.9 Å². The van der Waals surface area contributed by atoms with Gasteiger partial charge in [-0.05, 0) is 43.2 Å². The minimum Gasteiger partial charge on any atom is -0.349 e. The van der Waals surface area contributed by atoms with Gasteiger partial charge in [0.05, 0.1) is 4.90 Å². The molecule has 1 fully saturated rings. The summed E-state index contributed by atoms with van der Waals surface area (Å²) in [4.78, 5) is 28.6. The highest BCUT2D eigenvalue weighted by atomic mass is 32.2. The van der Waals surface area contributed by atoms with E-state index in [0.29, 0.717) is 16.8 Å². The number of aliphatic imine (C=N–C) groups is 1. The van der Waals surface area contributed by atoms with Gasteiger partial charge in [0.25, 0.3) is 15.9 Å². The number of fused-ring (bicyclic) bond motifs is 1. The first-order chi connectivity index (χ1) is 13.4. The van der Waals surface area contributed by atoms with Crippen LogP contribution in [-0.4, -0.2) is 38.7 Å². The van der Waals surface area contributed by atoms with Crippen molar-refractivity contribution >= 4 is 33.4 Å². The Morgan fingerprint density at radius 1 is 1.11 bits per heavy atom. The van der Waals surface area contributed by atoms with E-state index in [0.717, 1.165) is 12.8 Å². The van der Waals surface area contributed by atoms with Gasteiger partial charge in [0.2, 0.25) is 5.91 Å². The maximum absolute atomic E-state index is 12.2. The Hall–Kier alpha value is -3.20. The number of sulfonamides is 1. The summed E-state index contributed by atoms with van der Waals surface area (Å²) < 4.78 is 26.5. The number of carbonyl (C=O) groups is 2. The highest BCUT2D eigenvalue weighted by molar-refractivity contribution is 7.90. The molecule has 0 aromatic heterocycles. The van der Waals surface area contributed by atoms with Crippen LogP contribution in [0.25, 0.3) is 0 Å². The molecule has 8 nitrogen and oxygen atoms in total. The van der Waals surface area contributed by atoms with Crippen LogP contribution in [0.1, 0.15) is 28.8 Å². The zero-order valence-corrected chi connectivity index (χ0v) is 15.6. The number of amides is 2. The lowest BCUT2D eigenvalue weighted by molar-refractivity contribution is -0.114. The number of hydrogen-bond donors (Lipinski definition) is 3. The minimum atomic E-state index is -3.64. The van der Waals surface area contributed by atoms with Gasteiger partial charge in [-0.15, -0.1) is 0 Å². The van der Waals surface area contributed by atoms with Crippen molar-refractivity contribution in [1.29, 1.82) is 0 Å². The highest BCUT2D eigenvalue weighted by Crippen LogP contribution is 2.22. The lowest BCUT2D eigenvalue weighted by atomic mass is 10.2. The van der Waals surface area contributed by atoms with Crippen LogP contribution in [0, 0.1) is 0 Å². The summed E-state index contributed by atoms with van der Waals surface area (Å²) in [6.07, 6.45) is 1.99. The lowest BCUT2D eigenvalue weighted by Crippen LogP contribution is -2.26. The van der Waals surface area contributed by atoms with Crippen molar-refractivity contribution in [2.45, 2.75) is 23.8 Å². The number of nitrogens with zero attached hydrogens (tertiary/aromatic N) is 1. The zero-order valence-electron chi connectivity index (χ0n) is 14.8. The summed E-state index contributed by atoms with van der Waals surface area (Å²) in [6, 6.07) is 13.3. The predicted molar refractivity (Wildman–Crippen MR) is 104 cm³/mol. The van der Waals surface area contributed by atoms with Crippen LogP contribution >= 0.6 is 0 Å². The van der Waals surface area contributed by atoms with E-state index < -0.39 is 15.9 Å². The molecule has 2 aromatic carbocycles. The number of anilines is 1. The second kappa shape index (κ2) is 7.08. The van der Waals surface area contributed by atoms with Gasteiger partial charge in [-0.25, -0.2) is 8.42 Å². The molecule has 9 heteroatoms. The molecule has 1 heterocycles. The number of rotatable bonds is 5. The van der Waals surface area contributed by atoms with E-state index in [9.17, 15) is 18.0 Å². The summed E-state index contributed by atoms with van der Waals surface area (Å²) in [5.41, 5.74) is 1.38. The number of amidine groups is 1.